The maximum absolute atomic E-state index is 11.8. The van der Waals surface area contributed by atoms with E-state index in [1.807, 2.05) is 20.8 Å². The summed E-state index contributed by atoms with van der Waals surface area (Å²) in [4.78, 5) is 24.7. The summed E-state index contributed by atoms with van der Waals surface area (Å²) in [6.45, 7) is 6.49. The number of carbonyl (C=O) groups is 2. The van der Waals surface area contributed by atoms with Gasteiger partial charge in [-0.3, -0.25) is 0 Å². The minimum Gasteiger partial charge on any atom is -0.487 e. The maximum Gasteiger partial charge on any atom is 0.410 e. The van der Waals surface area contributed by atoms with E-state index >= 15 is 0 Å². The Morgan fingerprint density at radius 1 is 1.14 bits per heavy atom. The van der Waals surface area contributed by atoms with Crippen LogP contribution in [0, 0.1) is 0 Å². The summed E-state index contributed by atoms with van der Waals surface area (Å²) >= 11 is 0. The minimum atomic E-state index is -0.493. The van der Waals surface area contributed by atoms with Crippen LogP contribution in [0.4, 0.5) is 4.79 Å². The number of ether oxygens (including phenoxy) is 3. The van der Waals surface area contributed by atoms with Gasteiger partial charge >= 0.3 is 12.1 Å². The number of esters is 1. The van der Waals surface area contributed by atoms with Crippen LogP contribution in [-0.2, 0) is 9.47 Å². The van der Waals surface area contributed by atoms with Gasteiger partial charge in [0.05, 0.1) is 25.8 Å². The smallest absolute Gasteiger partial charge is 0.410 e. The molecule has 0 aromatic heterocycles. The molecule has 1 aliphatic heterocycles. The summed E-state index contributed by atoms with van der Waals surface area (Å²) in [6, 6.07) is 6.71. The molecule has 6 nitrogen and oxygen atoms in total. The molecular weight excluding hydrogens is 286 g/mol. The van der Waals surface area contributed by atoms with Gasteiger partial charge in [-0.25, -0.2) is 9.59 Å². The van der Waals surface area contributed by atoms with Crippen molar-refractivity contribution in [3.63, 3.8) is 0 Å². The van der Waals surface area contributed by atoms with Crippen molar-refractivity contribution in [2.24, 2.45) is 0 Å². The Balaban J connectivity index is 1.80. The van der Waals surface area contributed by atoms with Gasteiger partial charge in [0.15, 0.2) is 0 Å². The Kier molecular flexibility index (Phi) is 4.59. The lowest BCUT2D eigenvalue weighted by Crippen LogP contribution is -2.57. The number of nitrogens with zero attached hydrogens (tertiary/aromatic N) is 1. The SMILES string of the molecule is COC(=O)c1ccc(OC2CN(C(=O)OC(C)(C)C)C2)cc1. The number of methoxy groups -OCH3 is 1. The van der Waals surface area contributed by atoms with E-state index in [-0.39, 0.29) is 18.2 Å². The van der Waals surface area contributed by atoms with Crippen molar-refractivity contribution in [2.75, 3.05) is 20.2 Å². The van der Waals surface area contributed by atoms with Crippen LogP contribution < -0.4 is 4.74 Å². The van der Waals surface area contributed by atoms with Gasteiger partial charge in [0.1, 0.15) is 17.5 Å². The zero-order valence-corrected chi connectivity index (χ0v) is 13.3. The Hall–Kier alpha value is -2.24. The highest BCUT2D eigenvalue weighted by molar-refractivity contribution is 5.89. The highest BCUT2D eigenvalue weighted by Crippen LogP contribution is 2.21. The summed E-state index contributed by atoms with van der Waals surface area (Å²) in [5.41, 5.74) is -0.0222. The first-order chi connectivity index (χ1) is 10.3. The van der Waals surface area contributed by atoms with Crippen LogP contribution in [0.15, 0.2) is 24.3 Å². The molecule has 0 bridgehead atoms. The van der Waals surface area contributed by atoms with Crippen LogP contribution in [0.1, 0.15) is 31.1 Å². The Morgan fingerprint density at radius 2 is 1.73 bits per heavy atom. The van der Waals surface area contributed by atoms with Crippen molar-refractivity contribution in [2.45, 2.75) is 32.5 Å². The van der Waals surface area contributed by atoms with E-state index in [0.29, 0.717) is 24.4 Å². The quantitative estimate of drug-likeness (QED) is 0.803. The summed E-state index contributed by atoms with van der Waals surface area (Å²) in [6.07, 6.45) is -0.384. The van der Waals surface area contributed by atoms with E-state index in [4.69, 9.17) is 9.47 Å². The predicted molar refractivity (Wildman–Crippen MR) is 80.0 cm³/mol. The molecule has 0 radical (unpaired) electrons. The van der Waals surface area contributed by atoms with Crippen molar-refractivity contribution in [1.29, 1.82) is 0 Å². The molecule has 0 N–H and O–H groups in total. The molecule has 0 aliphatic carbocycles. The molecule has 0 saturated carbocycles. The molecule has 1 heterocycles. The van der Waals surface area contributed by atoms with Gasteiger partial charge in [0.2, 0.25) is 0 Å². The molecule has 1 saturated heterocycles. The molecule has 2 rings (SSSR count). The van der Waals surface area contributed by atoms with Crippen LogP contribution in [-0.4, -0.2) is 48.9 Å². The lowest BCUT2D eigenvalue weighted by atomic mass is 10.1. The molecule has 1 aromatic carbocycles. The first kappa shape index (κ1) is 16.1. The average Bonchev–Trinajstić information content (AvgIpc) is 2.40. The second-order valence-corrected chi connectivity index (χ2v) is 6.14. The van der Waals surface area contributed by atoms with Gasteiger partial charge in [0, 0.05) is 0 Å². The molecule has 0 unspecified atom stereocenters. The molecule has 1 amide bonds. The van der Waals surface area contributed by atoms with Crippen molar-refractivity contribution >= 4 is 12.1 Å². The van der Waals surface area contributed by atoms with Gasteiger partial charge in [0.25, 0.3) is 0 Å². The van der Waals surface area contributed by atoms with Crippen LogP contribution >= 0.6 is 0 Å². The fraction of sp³-hybridized carbons (Fsp3) is 0.500. The van der Waals surface area contributed by atoms with E-state index in [1.165, 1.54) is 7.11 Å². The standard InChI is InChI=1S/C16H21NO5/c1-16(2,3)22-15(19)17-9-13(10-17)21-12-7-5-11(6-8-12)14(18)20-4/h5-8,13H,9-10H2,1-4H3. The summed E-state index contributed by atoms with van der Waals surface area (Å²) in [7, 11) is 1.34. The molecule has 22 heavy (non-hydrogen) atoms. The third-order valence-corrected chi connectivity index (χ3v) is 3.08. The highest BCUT2D eigenvalue weighted by Gasteiger charge is 2.35. The molecule has 120 valence electrons. The normalized spacial score (nSPS) is 15.0. The second-order valence-electron chi connectivity index (χ2n) is 6.14. The van der Waals surface area contributed by atoms with E-state index < -0.39 is 5.60 Å². The van der Waals surface area contributed by atoms with Gasteiger partial charge in [-0.05, 0) is 45.0 Å². The Bertz CT molecular complexity index is 541. The highest BCUT2D eigenvalue weighted by atomic mass is 16.6. The molecule has 1 aromatic rings. The molecule has 1 fully saturated rings. The van der Waals surface area contributed by atoms with Crippen LogP contribution in [0.3, 0.4) is 0 Å². The first-order valence-electron chi connectivity index (χ1n) is 7.11. The number of carbonyl (C=O) groups excluding carboxylic acids is 2. The largest absolute Gasteiger partial charge is 0.487 e. The molecule has 0 spiro atoms. The van der Waals surface area contributed by atoms with E-state index in [2.05, 4.69) is 4.74 Å². The van der Waals surface area contributed by atoms with Crippen LogP contribution in [0.2, 0.25) is 0 Å². The Labute approximate surface area is 129 Å². The first-order valence-corrected chi connectivity index (χ1v) is 7.11. The zero-order chi connectivity index (χ0) is 16.3. The van der Waals surface area contributed by atoms with Crippen molar-refractivity contribution in [1.82, 2.24) is 4.90 Å². The lowest BCUT2D eigenvalue weighted by molar-refractivity contribution is -0.0221. The monoisotopic (exact) mass is 307 g/mol. The number of hydrogen-bond acceptors (Lipinski definition) is 5. The fourth-order valence-electron chi connectivity index (χ4n) is 1.97. The predicted octanol–water partition coefficient (Wildman–Crippen LogP) is 2.47. The van der Waals surface area contributed by atoms with Gasteiger partial charge < -0.3 is 19.1 Å². The molecule has 6 heteroatoms. The second kappa shape index (κ2) is 6.25. The van der Waals surface area contributed by atoms with E-state index in [0.717, 1.165) is 0 Å². The number of hydrogen-bond donors (Lipinski definition) is 0. The number of benzene rings is 1. The number of rotatable bonds is 3. The van der Waals surface area contributed by atoms with Crippen molar-refractivity contribution < 1.29 is 23.8 Å². The van der Waals surface area contributed by atoms with E-state index in [9.17, 15) is 9.59 Å². The third-order valence-electron chi connectivity index (χ3n) is 3.08. The zero-order valence-electron chi connectivity index (χ0n) is 13.3. The average molecular weight is 307 g/mol. The van der Waals surface area contributed by atoms with Crippen molar-refractivity contribution in [3.8, 4) is 5.75 Å². The van der Waals surface area contributed by atoms with Crippen LogP contribution in [0.25, 0.3) is 0 Å². The molecule has 1 aliphatic rings. The third kappa shape index (κ3) is 4.13. The summed E-state index contributed by atoms with van der Waals surface area (Å²) < 4.78 is 15.6. The van der Waals surface area contributed by atoms with Gasteiger partial charge in [-0.2, -0.15) is 0 Å². The number of amides is 1. The topological polar surface area (TPSA) is 65.1 Å². The van der Waals surface area contributed by atoms with E-state index in [1.54, 1.807) is 29.2 Å². The lowest BCUT2D eigenvalue weighted by Gasteiger charge is -2.39. The Morgan fingerprint density at radius 3 is 2.23 bits per heavy atom. The fourth-order valence-corrected chi connectivity index (χ4v) is 1.97. The van der Waals surface area contributed by atoms with Gasteiger partial charge in [-0.1, -0.05) is 0 Å². The summed E-state index contributed by atoms with van der Waals surface area (Å²) in [5, 5.41) is 0. The number of likely N-dealkylation sites (tertiary alicyclic amines) is 1. The minimum absolute atomic E-state index is 0.0588. The summed E-state index contributed by atoms with van der Waals surface area (Å²) in [5.74, 6) is 0.271. The molecule has 0 atom stereocenters. The molecular formula is C16H21NO5. The maximum atomic E-state index is 11.8. The van der Waals surface area contributed by atoms with Crippen molar-refractivity contribution in [3.05, 3.63) is 29.8 Å². The van der Waals surface area contributed by atoms with Gasteiger partial charge in [-0.15, -0.1) is 0 Å². The van der Waals surface area contributed by atoms with Crippen LogP contribution in [0.5, 0.6) is 5.75 Å².